The number of hydrogen-bond donors (Lipinski definition) is 0. The van der Waals surface area contributed by atoms with Crippen molar-refractivity contribution in [2.24, 2.45) is 15.0 Å². The van der Waals surface area contributed by atoms with Crippen molar-refractivity contribution in [2.75, 3.05) is 0 Å². The third kappa shape index (κ3) is 5.89. The van der Waals surface area contributed by atoms with Crippen LogP contribution in [-0.4, -0.2) is 17.1 Å². The van der Waals surface area contributed by atoms with Gasteiger partial charge in [-0.25, -0.2) is 0 Å². The zero-order chi connectivity index (χ0) is 27.8. The van der Waals surface area contributed by atoms with E-state index in [1.54, 1.807) is 54.6 Å². The standard InChI is InChI=1S/C30H15N9/c31-13-19-1-4-25(7-22(19)16-34)37-28-10-29(38-26-5-2-20(14-32)23(8-26)17-35)12-30(11-28)39-27-6-3-21(15-33)24(9-27)18-36/h1-9H,10-12H2. The van der Waals surface area contributed by atoms with E-state index < -0.39 is 0 Å². The number of nitrogens with zero attached hydrogens (tertiary/aromatic N) is 9. The SMILES string of the molecule is N#Cc1ccc(N=C2CC(=Nc3ccc(C#N)c(C#N)c3)CC(=Nc3ccc(C#N)c(C#N)c3)C2)cc1C#N. The summed E-state index contributed by atoms with van der Waals surface area (Å²) in [5.74, 6) is 0. The molecule has 0 heterocycles. The molecule has 9 heteroatoms. The van der Waals surface area contributed by atoms with Crippen LogP contribution in [0.4, 0.5) is 17.1 Å². The molecule has 0 aliphatic heterocycles. The molecule has 1 fully saturated rings. The molecule has 0 atom stereocenters. The molecular formula is C30H15N9. The van der Waals surface area contributed by atoms with Gasteiger partial charge in [-0.1, -0.05) is 0 Å². The minimum atomic E-state index is 0.223. The summed E-state index contributed by atoms with van der Waals surface area (Å²) >= 11 is 0. The normalized spacial score (nSPS) is 12.0. The summed E-state index contributed by atoms with van der Waals surface area (Å²) in [7, 11) is 0. The van der Waals surface area contributed by atoms with Crippen LogP contribution in [0.15, 0.2) is 69.6 Å². The van der Waals surface area contributed by atoms with Gasteiger partial charge >= 0.3 is 0 Å². The van der Waals surface area contributed by atoms with E-state index >= 15 is 0 Å². The van der Waals surface area contributed by atoms with Gasteiger partial charge in [-0.05, 0) is 54.6 Å². The molecular weight excluding hydrogens is 486 g/mol. The van der Waals surface area contributed by atoms with E-state index in [0.29, 0.717) is 36.3 Å². The molecule has 3 aromatic carbocycles. The maximum atomic E-state index is 9.38. The van der Waals surface area contributed by atoms with Gasteiger partial charge in [0.1, 0.15) is 36.4 Å². The van der Waals surface area contributed by atoms with E-state index in [4.69, 9.17) is 15.0 Å². The average molecular weight is 502 g/mol. The second-order valence-corrected chi connectivity index (χ2v) is 8.42. The van der Waals surface area contributed by atoms with Crippen LogP contribution in [0.25, 0.3) is 0 Å². The maximum absolute atomic E-state index is 9.38. The van der Waals surface area contributed by atoms with Crippen LogP contribution in [0.5, 0.6) is 0 Å². The number of rotatable bonds is 3. The Balaban J connectivity index is 1.78. The minimum Gasteiger partial charge on any atom is -0.257 e. The van der Waals surface area contributed by atoms with E-state index in [-0.39, 0.29) is 33.4 Å². The van der Waals surface area contributed by atoms with Gasteiger partial charge in [0, 0.05) is 36.4 Å². The third-order valence-electron chi connectivity index (χ3n) is 5.82. The number of hydrogen-bond acceptors (Lipinski definition) is 9. The Labute approximate surface area is 224 Å². The summed E-state index contributed by atoms with van der Waals surface area (Å²) in [4.78, 5) is 14.1. The Morgan fingerprint density at radius 3 is 0.872 bits per heavy atom. The highest BCUT2D eigenvalue weighted by Crippen LogP contribution is 2.26. The lowest BCUT2D eigenvalue weighted by molar-refractivity contribution is 1.21. The van der Waals surface area contributed by atoms with E-state index in [1.807, 2.05) is 36.4 Å². The topological polar surface area (TPSA) is 180 Å². The molecule has 0 spiro atoms. The van der Waals surface area contributed by atoms with E-state index in [2.05, 4.69) is 0 Å². The lowest BCUT2D eigenvalue weighted by atomic mass is 9.93. The second kappa shape index (κ2) is 11.6. The second-order valence-electron chi connectivity index (χ2n) is 8.42. The summed E-state index contributed by atoms with van der Waals surface area (Å²) in [6, 6.07) is 26.3. The van der Waals surface area contributed by atoms with Crippen molar-refractivity contribution in [3.63, 3.8) is 0 Å². The number of nitriles is 6. The van der Waals surface area contributed by atoms with Crippen molar-refractivity contribution >= 4 is 34.2 Å². The molecule has 0 amide bonds. The monoisotopic (exact) mass is 501 g/mol. The molecule has 0 bridgehead atoms. The Morgan fingerprint density at radius 2 is 0.641 bits per heavy atom. The van der Waals surface area contributed by atoms with Crippen molar-refractivity contribution in [1.82, 2.24) is 0 Å². The highest BCUT2D eigenvalue weighted by Gasteiger charge is 2.20. The molecule has 1 aliphatic carbocycles. The molecule has 4 rings (SSSR count). The zero-order valence-corrected chi connectivity index (χ0v) is 20.3. The Hall–Kier alpha value is -6.39. The highest BCUT2D eigenvalue weighted by atomic mass is 14.8. The van der Waals surface area contributed by atoms with Crippen LogP contribution in [0, 0.1) is 68.0 Å². The smallest absolute Gasteiger partial charge is 0.101 e. The fourth-order valence-corrected chi connectivity index (χ4v) is 4.05. The molecule has 0 aromatic heterocycles. The van der Waals surface area contributed by atoms with Gasteiger partial charge < -0.3 is 0 Å². The lowest BCUT2D eigenvalue weighted by Crippen LogP contribution is -2.23. The first kappa shape index (κ1) is 25.7. The van der Waals surface area contributed by atoms with Gasteiger partial charge in [0.15, 0.2) is 0 Å². The van der Waals surface area contributed by atoms with Gasteiger partial charge in [-0.15, -0.1) is 0 Å². The van der Waals surface area contributed by atoms with Crippen LogP contribution in [0.2, 0.25) is 0 Å². The van der Waals surface area contributed by atoms with E-state index in [1.165, 1.54) is 0 Å². The summed E-state index contributed by atoms with van der Waals surface area (Å²) in [5, 5.41) is 55.8. The molecule has 1 saturated carbocycles. The minimum absolute atomic E-state index is 0.223. The molecule has 0 radical (unpaired) electrons. The molecule has 180 valence electrons. The predicted molar refractivity (Wildman–Crippen MR) is 143 cm³/mol. The van der Waals surface area contributed by atoms with Crippen molar-refractivity contribution in [1.29, 1.82) is 31.6 Å². The quantitative estimate of drug-likeness (QED) is 0.442. The summed E-state index contributed by atoms with van der Waals surface area (Å²) < 4.78 is 0. The Kier molecular flexibility index (Phi) is 7.62. The first-order valence-corrected chi connectivity index (χ1v) is 11.5. The van der Waals surface area contributed by atoms with Gasteiger partial charge in [0.2, 0.25) is 0 Å². The largest absolute Gasteiger partial charge is 0.257 e. The molecule has 3 aromatic rings. The van der Waals surface area contributed by atoms with E-state index in [9.17, 15) is 31.6 Å². The summed E-state index contributed by atoms with van der Waals surface area (Å²) in [6.45, 7) is 0. The van der Waals surface area contributed by atoms with Crippen LogP contribution < -0.4 is 0 Å². The van der Waals surface area contributed by atoms with Gasteiger partial charge in [0.25, 0.3) is 0 Å². The molecule has 0 unspecified atom stereocenters. The average Bonchev–Trinajstić information content (AvgIpc) is 2.96. The van der Waals surface area contributed by atoms with Crippen molar-refractivity contribution in [3.8, 4) is 36.4 Å². The molecule has 0 N–H and O–H groups in total. The van der Waals surface area contributed by atoms with Gasteiger partial charge in [-0.3, -0.25) is 15.0 Å². The van der Waals surface area contributed by atoms with Crippen LogP contribution in [0.1, 0.15) is 52.6 Å². The summed E-state index contributed by atoms with van der Waals surface area (Å²) in [6.07, 6.45) is 1.21. The molecule has 1 aliphatic rings. The van der Waals surface area contributed by atoms with Crippen LogP contribution in [-0.2, 0) is 0 Å². The third-order valence-corrected chi connectivity index (χ3v) is 5.82. The number of aliphatic imine (C=N–C) groups is 3. The Morgan fingerprint density at radius 1 is 0.385 bits per heavy atom. The van der Waals surface area contributed by atoms with Crippen LogP contribution in [0.3, 0.4) is 0 Å². The van der Waals surface area contributed by atoms with Gasteiger partial charge in [-0.2, -0.15) is 31.6 Å². The first-order valence-electron chi connectivity index (χ1n) is 11.5. The molecule has 39 heavy (non-hydrogen) atoms. The summed E-state index contributed by atoms with van der Waals surface area (Å²) in [5.41, 5.74) is 5.14. The van der Waals surface area contributed by atoms with Crippen molar-refractivity contribution in [3.05, 3.63) is 88.0 Å². The predicted octanol–water partition coefficient (Wildman–Crippen LogP) is 5.72. The lowest BCUT2D eigenvalue weighted by Gasteiger charge is -2.19. The highest BCUT2D eigenvalue weighted by molar-refractivity contribution is 6.24. The maximum Gasteiger partial charge on any atom is 0.101 e. The number of benzene rings is 3. The van der Waals surface area contributed by atoms with Crippen molar-refractivity contribution < 1.29 is 0 Å². The molecule has 0 saturated heterocycles. The fraction of sp³-hybridized carbons (Fsp3) is 0.100. The Bertz CT molecular complexity index is 1620. The van der Waals surface area contributed by atoms with Gasteiger partial charge in [0.05, 0.1) is 50.4 Å². The van der Waals surface area contributed by atoms with E-state index in [0.717, 1.165) is 17.1 Å². The zero-order valence-electron chi connectivity index (χ0n) is 20.3. The first-order chi connectivity index (χ1) is 19.0. The van der Waals surface area contributed by atoms with Crippen molar-refractivity contribution in [2.45, 2.75) is 19.3 Å². The van der Waals surface area contributed by atoms with Crippen LogP contribution >= 0.6 is 0 Å². The fourth-order valence-electron chi connectivity index (χ4n) is 4.05. The molecule has 9 nitrogen and oxygen atoms in total.